The lowest BCUT2D eigenvalue weighted by Gasteiger charge is -2.55. The Labute approximate surface area is 54.0 Å². The van der Waals surface area contributed by atoms with Crippen molar-refractivity contribution >= 4 is 5.91 Å². The maximum Gasteiger partial charge on any atom is 0.219 e. The Morgan fingerprint density at radius 2 is 2.56 bits per heavy atom. The number of fused-ring (bicyclic) bond motifs is 1. The van der Waals surface area contributed by atoms with E-state index in [1.54, 1.807) is 6.92 Å². The van der Waals surface area contributed by atoms with Crippen molar-refractivity contribution in [1.82, 2.24) is 10.2 Å². The average Bonchev–Trinajstić information content (AvgIpc) is 1.76. The molecule has 0 aromatic heterocycles. The minimum Gasteiger partial charge on any atom is -0.335 e. The molecule has 50 valence electrons. The molecule has 0 aliphatic carbocycles. The van der Waals surface area contributed by atoms with Crippen LogP contribution in [0.5, 0.6) is 0 Å². The molecule has 3 heteroatoms. The third kappa shape index (κ3) is 0.525. The number of carbonyl (C=O) groups excluding carboxylic acids is 1. The topological polar surface area (TPSA) is 32.3 Å². The highest BCUT2D eigenvalue weighted by atomic mass is 16.2. The lowest BCUT2D eigenvalue weighted by molar-refractivity contribution is -0.143. The van der Waals surface area contributed by atoms with Gasteiger partial charge >= 0.3 is 0 Å². The summed E-state index contributed by atoms with van der Waals surface area (Å²) < 4.78 is 0. The summed E-state index contributed by atoms with van der Waals surface area (Å²) in [5, 5.41) is 3.24. The third-order valence-electron chi connectivity index (χ3n) is 2.25. The zero-order valence-electron chi connectivity index (χ0n) is 5.42. The zero-order valence-corrected chi connectivity index (χ0v) is 5.42. The first-order valence-electron chi connectivity index (χ1n) is 3.29. The van der Waals surface area contributed by atoms with Gasteiger partial charge in [-0.1, -0.05) is 0 Å². The van der Waals surface area contributed by atoms with Gasteiger partial charge in [0.15, 0.2) is 0 Å². The second kappa shape index (κ2) is 1.48. The maximum atomic E-state index is 10.7. The van der Waals surface area contributed by atoms with Gasteiger partial charge < -0.3 is 10.2 Å². The number of amides is 1. The number of hydrogen-bond donors (Lipinski definition) is 1. The molecule has 2 fully saturated rings. The van der Waals surface area contributed by atoms with Crippen molar-refractivity contribution in [3.05, 3.63) is 0 Å². The second-order valence-electron chi connectivity index (χ2n) is 2.75. The normalized spacial score (nSPS) is 38.6. The summed E-state index contributed by atoms with van der Waals surface area (Å²) in [5.41, 5.74) is 0. The molecular weight excluding hydrogens is 116 g/mol. The Hall–Kier alpha value is -0.570. The van der Waals surface area contributed by atoms with Gasteiger partial charge in [0.2, 0.25) is 5.91 Å². The predicted molar refractivity (Wildman–Crippen MR) is 33.0 cm³/mol. The summed E-state index contributed by atoms with van der Waals surface area (Å²) in [5.74, 6) is 0.220. The molecule has 2 saturated heterocycles. The molecule has 3 nitrogen and oxygen atoms in total. The number of nitrogens with zero attached hydrogens (tertiary/aromatic N) is 1. The summed E-state index contributed by atoms with van der Waals surface area (Å²) in [6.45, 7) is 3.57. The van der Waals surface area contributed by atoms with Crippen LogP contribution in [-0.4, -0.2) is 36.0 Å². The number of piperazine rings is 1. The van der Waals surface area contributed by atoms with Crippen molar-refractivity contribution in [2.75, 3.05) is 13.1 Å². The van der Waals surface area contributed by atoms with Gasteiger partial charge in [-0.2, -0.15) is 0 Å². The van der Waals surface area contributed by atoms with Crippen molar-refractivity contribution in [2.45, 2.75) is 19.0 Å². The summed E-state index contributed by atoms with van der Waals surface area (Å²) in [7, 11) is 0. The molecule has 2 heterocycles. The smallest absolute Gasteiger partial charge is 0.219 e. The van der Waals surface area contributed by atoms with Crippen LogP contribution in [0, 0.1) is 0 Å². The van der Waals surface area contributed by atoms with E-state index in [0.717, 1.165) is 13.1 Å². The Kier molecular flexibility index (Phi) is 0.858. The number of likely N-dealkylation sites (tertiary alicyclic amines) is 1. The Bertz CT molecular complexity index is 157. The van der Waals surface area contributed by atoms with E-state index in [1.165, 1.54) is 0 Å². The fourth-order valence-electron chi connectivity index (χ4n) is 1.47. The first kappa shape index (κ1) is 5.23. The number of carbonyl (C=O) groups is 1. The van der Waals surface area contributed by atoms with Gasteiger partial charge in [-0.3, -0.25) is 4.79 Å². The monoisotopic (exact) mass is 126 g/mol. The van der Waals surface area contributed by atoms with E-state index in [-0.39, 0.29) is 5.91 Å². The van der Waals surface area contributed by atoms with Crippen molar-refractivity contribution in [3.8, 4) is 0 Å². The van der Waals surface area contributed by atoms with Gasteiger partial charge in [-0.05, 0) is 0 Å². The van der Waals surface area contributed by atoms with Crippen molar-refractivity contribution in [2.24, 2.45) is 0 Å². The molecule has 2 unspecified atom stereocenters. The van der Waals surface area contributed by atoms with E-state index in [1.807, 2.05) is 4.90 Å². The van der Waals surface area contributed by atoms with Gasteiger partial charge in [0, 0.05) is 26.1 Å². The maximum absolute atomic E-state index is 10.7. The zero-order chi connectivity index (χ0) is 6.43. The summed E-state index contributed by atoms with van der Waals surface area (Å²) in [6.07, 6.45) is 0. The molecule has 0 spiro atoms. The second-order valence-corrected chi connectivity index (χ2v) is 2.75. The van der Waals surface area contributed by atoms with Crippen molar-refractivity contribution in [1.29, 1.82) is 0 Å². The highest BCUT2D eigenvalue weighted by Gasteiger charge is 2.46. The Morgan fingerprint density at radius 3 is 2.67 bits per heavy atom. The van der Waals surface area contributed by atoms with Crippen molar-refractivity contribution in [3.63, 3.8) is 0 Å². The van der Waals surface area contributed by atoms with Crippen LogP contribution in [0.25, 0.3) is 0 Å². The molecule has 0 aromatic carbocycles. The minimum absolute atomic E-state index is 0.220. The fourth-order valence-corrected chi connectivity index (χ4v) is 1.47. The average molecular weight is 126 g/mol. The van der Waals surface area contributed by atoms with Gasteiger partial charge in [-0.15, -0.1) is 0 Å². The molecule has 0 saturated carbocycles. The quantitative estimate of drug-likeness (QED) is 0.460. The lowest BCUT2D eigenvalue weighted by Crippen LogP contribution is -2.78. The van der Waals surface area contributed by atoms with E-state index in [2.05, 4.69) is 5.32 Å². The molecule has 0 bridgehead atoms. The molecule has 9 heavy (non-hydrogen) atoms. The van der Waals surface area contributed by atoms with E-state index >= 15 is 0 Å². The van der Waals surface area contributed by atoms with Crippen LogP contribution < -0.4 is 5.32 Å². The van der Waals surface area contributed by atoms with Crippen LogP contribution in [0.3, 0.4) is 0 Å². The molecule has 0 radical (unpaired) electrons. The largest absolute Gasteiger partial charge is 0.335 e. The molecule has 2 aliphatic heterocycles. The third-order valence-corrected chi connectivity index (χ3v) is 2.25. The lowest BCUT2D eigenvalue weighted by atomic mass is 9.89. The first-order valence-corrected chi connectivity index (χ1v) is 3.29. The number of nitrogens with one attached hydrogen (secondary N) is 1. The minimum atomic E-state index is 0.220. The molecule has 1 amide bonds. The van der Waals surface area contributed by atoms with E-state index in [9.17, 15) is 4.79 Å². The van der Waals surface area contributed by atoms with Crippen molar-refractivity contribution < 1.29 is 4.79 Å². The van der Waals surface area contributed by atoms with Crippen LogP contribution in [0.2, 0.25) is 0 Å². The fraction of sp³-hybridized carbons (Fsp3) is 0.833. The SMILES string of the molecule is CC(=O)N1CC2NCC21. The molecule has 2 aliphatic rings. The first-order chi connectivity index (χ1) is 4.29. The molecular formula is C6H10N2O. The van der Waals surface area contributed by atoms with Gasteiger partial charge in [-0.25, -0.2) is 0 Å². The van der Waals surface area contributed by atoms with Crippen LogP contribution in [0.1, 0.15) is 6.92 Å². The molecule has 2 rings (SSSR count). The van der Waals surface area contributed by atoms with Gasteiger partial charge in [0.25, 0.3) is 0 Å². The predicted octanol–water partition coefficient (Wildman–Crippen LogP) is -0.811. The summed E-state index contributed by atoms with van der Waals surface area (Å²) >= 11 is 0. The van der Waals surface area contributed by atoms with Crippen LogP contribution in [-0.2, 0) is 4.79 Å². The van der Waals surface area contributed by atoms with E-state index in [4.69, 9.17) is 0 Å². The number of hydrogen-bond acceptors (Lipinski definition) is 2. The van der Waals surface area contributed by atoms with Gasteiger partial charge in [0.05, 0.1) is 6.04 Å². The van der Waals surface area contributed by atoms with Crippen LogP contribution in [0.15, 0.2) is 0 Å². The van der Waals surface area contributed by atoms with E-state index < -0.39 is 0 Å². The highest BCUT2D eigenvalue weighted by Crippen LogP contribution is 2.23. The Morgan fingerprint density at radius 1 is 1.78 bits per heavy atom. The van der Waals surface area contributed by atoms with Crippen LogP contribution in [0.4, 0.5) is 0 Å². The Balaban J connectivity index is 1.97. The summed E-state index contributed by atoms with van der Waals surface area (Å²) in [4.78, 5) is 12.6. The summed E-state index contributed by atoms with van der Waals surface area (Å²) in [6, 6.07) is 1.18. The molecule has 1 N–H and O–H groups in total. The number of rotatable bonds is 0. The molecule has 0 aromatic rings. The molecule has 2 atom stereocenters. The standard InChI is InChI=1S/C6H10N2O/c1-4(9)8-3-5-6(8)2-7-5/h5-7H,2-3H2,1H3. The highest BCUT2D eigenvalue weighted by molar-refractivity contribution is 5.75. The van der Waals surface area contributed by atoms with E-state index in [0.29, 0.717) is 12.1 Å². The van der Waals surface area contributed by atoms with Gasteiger partial charge in [0.1, 0.15) is 0 Å². The van der Waals surface area contributed by atoms with Crippen LogP contribution >= 0.6 is 0 Å².